The quantitative estimate of drug-likeness (QED) is 0.660. The molecule has 0 heterocycles. The molecule has 3 heteroatoms. The van der Waals surface area contributed by atoms with Crippen molar-refractivity contribution in [2.24, 2.45) is 11.8 Å². The van der Waals surface area contributed by atoms with Gasteiger partial charge in [0.1, 0.15) is 0 Å². The third kappa shape index (κ3) is 1.92. The third-order valence-corrected chi connectivity index (χ3v) is 3.77. The average molecular weight is 197 g/mol. The minimum Gasteiger partial charge on any atom is -0.391 e. The normalized spacial score (nSPS) is 41.9. The Kier molecular flexibility index (Phi) is 2.77. The molecular formula is C11H19NO2. The second-order valence-electron chi connectivity index (χ2n) is 4.80. The molecule has 0 bridgehead atoms. The van der Waals surface area contributed by atoms with Crippen molar-refractivity contribution in [2.75, 3.05) is 0 Å². The Morgan fingerprint density at radius 3 is 2.57 bits per heavy atom. The molecule has 2 rings (SSSR count). The number of carbonyl (C=O) groups excluding carboxylic acids is 1. The van der Waals surface area contributed by atoms with E-state index in [4.69, 9.17) is 0 Å². The van der Waals surface area contributed by atoms with E-state index in [-0.39, 0.29) is 18.1 Å². The van der Waals surface area contributed by atoms with E-state index in [0.717, 1.165) is 24.7 Å². The van der Waals surface area contributed by atoms with Gasteiger partial charge in [-0.1, -0.05) is 19.3 Å². The van der Waals surface area contributed by atoms with Gasteiger partial charge in [0.2, 0.25) is 5.91 Å². The Morgan fingerprint density at radius 2 is 1.93 bits per heavy atom. The zero-order chi connectivity index (χ0) is 10.1. The molecule has 0 aromatic rings. The van der Waals surface area contributed by atoms with Crippen molar-refractivity contribution in [3.8, 4) is 0 Å². The first-order valence-electron chi connectivity index (χ1n) is 5.62. The first kappa shape index (κ1) is 9.97. The second kappa shape index (κ2) is 3.89. The molecule has 0 spiro atoms. The molecular weight excluding hydrogens is 178 g/mol. The van der Waals surface area contributed by atoms with Gasteiger partial charge in [0.05, 0.1) is 12.1 Å². The predicted octanol–water partition coefficient (Wildman–Crippen LogP) is 1.06. The summed E-state index contributed by atoms with van der Waals surface area (Å²) < 4.78 is 0. The Bertz CT molecular complexity index is 229. The van der Waals surface area contributed by atoms with Gasteiger partial charge in [0, 0.05) is 6.92 Å². The SMILES string of the molecule is CC(=O)N[C@@H]1C[C@H]2CCC[C@@H]2C[C@H]1O. The van der Waals surface area contributed by atoms with E-state index >= 15 is 0 Å². The molecule has 2 aliphatic rings. The summed E-state index contributed by atoms with van der Waals surface area (Å²) in [5, 5.41) is 12.7. The standard InChI is InChI=1S/C11H19NO2/c1-7(13)12-10-5-8-3-2-4-9(8)6-11(10)14/h8-11,14H,2-6H2,1H3,(H,12,13)/t8-,9-,10-,11-/m1/s1. The minimum absolute atomic E-state index is 0.00634. The first-order chi connectivity index (χ1) is 6.66. The number of aliphatic hydroxyl groups excluding tert-OH is 1. The molecule has 0 aromatic carbocycles. The molecule has 0 radical (unpaired) electrons. The molecule has 14 heavy (non-hydrogen) atoms. The van der Waals surface area contributed by atoms with Crippen LogP contribution in [-0.2, 0) is 4.79 Å². The van der Waals surface area contributed by atoms with Crippen LogP contribution in [0.5, 0.6) is 0 Å². The Hall–Kier alpha value is -0.570. The highest BCUT2D eigenvalue weighted by molar-refractivity contribution is 5.73. The summed E-state index contributed by atoms with van der Waals surface area (Å²) in [5.74, 6) is 1.44. The predicted molar refractivity (Wildman–Crippen MR) is 53.7 cm³/mol. The van der Waals surface area contributed by atoms with Crippen molar-refractivity contribution >= 4 is 5.91 Å². The zero-order valence-electron chi connectivity index (χ0n) is 8.70. The third-order valence-electron chi connectivity index (χ3n) is 3.77. The maximum absolute atomic E-state index is 10.9. The molecule has 80 valence electrons. The summed E-state index contributed by atoms with van der Waals surface area (Å²) in [7, 11) is 0. The van der Waals surface area contributed by atoms with Crippen LogP contribution >= 0.6 is 0 Å². The van der Waals surface area contributed by atoms with Crippen LogP contribution in [0.4, 0.5) is 0 Å². The van der Waals surface area contributed by atoms with E-state index in [1.807, 2.05) is 0 Å². The van der Waals surface area contributed by atoms with Crippen LogP contribution in [0.3, 0.4) is 0 Å². The molecule has 0 aliphatic heterocycles. The number of fused-ring (bicyclic) bond motifs is 1. The van der Waals surface area contributed by atoms with Crippen LogP contribution in [0.25, 0.3) is 0 Å². The number of hydrogen-bond donors (Lipinski definition) is 2. The van der Waals surface area contributed by atoms with Crippen molar-refractivity contribution in [1.29, 1.82) is 0 Å². The maximum atomic E-state index is 10.9. The summed E-state index contributed by atoms with van der Waals surface area (Å²) in [4.78, 5) is 10.9. The van der Waals surface area contributed by atoms with Crippen LogP contribution in [0.2, 0.25) is 0 Å². The smallest absolute Gasteiger partial charge is 0.217 e. The lowest BCUT2D eigenvalue weighted by Crippen LogP contribution is -2.48. The Balaban J connectivity index is 1.95. The number of nitrogens with one attached hydrogen (secondary N) is 1. The van der Waals surface area contributed by atoms with Crippen molar-refractivity contribution in [3.05, 3.63) is 0 Å². The molecule has 4 atom stereocenters. The lowest BCUT2D eigenvalue weighted by atomic mass is 9.77. The van der Waals surface area contributed by atoms with Crippen LogP contribution < -0.4 is 5.32 Å². The number of hydrogen-bond acceptors (Lipinski definition) is 2. The fourth-order valence-electron chi connectivity index (χ4n) is 3.11. The van der Waals surface area contributed by atoms with E-state index in [2.05, 4.69) is 5.32 Å². The van der Waals surface area contributed by atoms with Gasteiger partial charge < -0.3 is 10.4 Å². The Labute approximate surface area is 84.9 Å². The minimum atomic E-state index is -0.321. The largest absolute Gasteiger partial charge is 0.391 e. The summed E-state index contributed by atoms with van der Waals surface area (Å²) in [6.07, 6.45) is 5.40. The number of rotatable bonds is 1. The van der Waals surface area contributed by atoms with Crippen LogP contribution in [0, 0.1) is 11.8 Å². The van der Waals surface area contributed by atoms with Crippen LogP contribution in [0.15, 0.2) is 0 Å². The van der Waals surface area contributed by atoms with Gasteiger partial charge in [-0.2, -0.15) is 0 Å². The van der Waals surface area contributed by atoms with E-state index in [1.54, 1.807) is 0 Å². The zero-order valence-corrected chi connectivity index (χ0v) is 8.70. The lowest BCUT2D eigenvalue weighted by molar-refractivity contribution is -0.121. The van der Waals surface area contributed by atoms with Gasteiger partial charge in [-0.05, 0) is 24.7 Å². The lowest BCUT2D eigenvalue weighted by Gasteiger charge is -2.36. The molecule has 3 nitrogen and oxygen atoms in total. The summed E-state index contributed by atoms with van der Waals surface area (Å²) in [5.41, 5.74) is 0. The second-order valence-corrected chi connectivity index (χ2v) is 4.80. The van der Waals surface area contributed by atoms with Gasteiger partial charge in [-0.15, -0.1) is 0 Å². The highest BCUT2D eigenvalue weighted by Gasteiger charge is 2.38. The topological polar surface area (TPSA) is 49.3 Å². The van der Waals surface area contributed by atoms with E-state index in [0.29, 0.717) is 0 Å². The molecule has 0 unspecified atom stereocenters. The summed E-state index contributed by atoms with van der Waals surface area (Å²) >= 11 is 0. The summed E-state index contributed by atoms with van der Waals surface area (Å²) in [6.45, 7) is 1.52. The molecule has 2 N–H and O–H groups in total. The Morgan fingerprint density at radius 1 is 1.29 bits per heavy atom. The molecule has 1 amide bonds. The van der Waals surface area contributed by atoms with Gasteiger partial charge >= 0.3 is 0 Å². The highest BCUT2D eigenvalue weighted by atomic mass is 16.3. The number of carbonyl (C=O) groups is 1. The molecule has 0 aromatic heterocycles. The number of amides is 1. The highest BCUT2D eigenvalue weighted by Crippen LogP contribution is 2.42. The van der Waals surface area contributed by atoms with Crippen LogP contribution in [-0.4, -0.2) is 23.2 Å². The van der Waals surface area contributed by atoms with Crippen molar-refractivity contribution in [1.82, 2.24) is 5.32 Å². The molecule has 0 saturated heterocycles. The van der Waals surface area contributed by atoms with Gasteiger partial charge in [-0.3, -0.25) is 4.79 Å². The maximum Gasteiger partial charge on any atom is 0.217 e. The fraction of sp³-hybridized carbons (Fsp3) is 0.909. The van der Waals surface area contributed by atoms with Gasteiger partial charge in [-0.25, -0.2) is 0 Å². The molecule has 2 saturated carbocycles. The average Bonchev–Trinajstić information content (AvgIpc) is 2.51. The first-order valence-corrected chi connectivity index (χ1v) is 5.62. The van der Waals surface area contributed by atoms with Gasteiger partial charge in [0.25, 0.3) is 0 Å². The van der Waals surface area contributed by atoms with Crippen LogP contribution in [0.1, 0.15) is 39.0 Å². The molecule has 2 fully saturated rings. The van der Waals surface area contributed by atoms with E-state index < -0.39 is 0 Å². The number of aliphatic hydroxyl groups is 1. The van der Waals surface area contributed by atoms with Crippen molar-refractivity contribution < 1.29 is 9.90 Å². The fourth-order valence-corrected chi connectivity index (χ4v) is 3.11. The molecule has 2 aliphatic carbocycles. The van der Waals surface area contributed by atoms with Crippen molar-refractivity contribution in [2.45, 2.75) is 51.2 Å². The van der Waals surface area contributed by atoms with Gasteiger partial charge in [0.15, 0.2) is 0 Å². The van der Waals surface area contributed by atoms with Crippen molar-refractivity contribution in [3.63, 3.8) is 0 Å². The van der Waals surface area contributed by atoms with E-state index in [9.17, 15) is 9.90 Å². The van der Waals surface area contributed by atoms with E-state index in [1.165, 1.54) is 26.2 Å². The summed E-state index contributed by atoms with van der Waals surface area (Å²) in [6, 6.07) is 0.00634. The monoisotopic (exact) mass is 197 g/mol.